The zero-order chi connectivity index (χ0) is 12.5. The summed E-state index contributed by atoms with van der Waals surface area (Å²) in [6.45, 7) is 0.657. The highest BCUT2D eigenvalue weighted by atomic mass is 79.9. The minimum Gasteiger partial charge on any atom is -0.382 e. The van der Waals surface area contributed by atoms with Gasteiger partial charge in [-0.15, -0.1) is 0 Å². The number of nitrogens with zero attached hydrogens (tertiary/aromatic N) is 3. The highest BCUT2D eigenvalue weighted by molar-refractivity contribution is 9.10. The van der Waals surface area contributed by atoms with Crippen LogP contribution in [-0.2, 0) is 6.54 Å². The zero-order valence-electron chi connectivity index (χ0n) is 9.55. The Hall–Kier alpha value is -1.88. The van der Waals surface area contributed by atoms with Crippen molar-refractivity contribution < 1.29 is 0 Å². The number of benzene rings is 1. The molecule has 0 aliphatic carbocycles. The van der Waals surface area contributed by atoms with Gasteiger partial charge < -0.3 is 5.73 Å². The second-order valence-electron chi connectivity index (χ2n) is 4.07. The molecular formula is C13H11BrN4. The Bertz CT molecular complexity index is 705. The maximum atomic E-state index is 5.90. The van der Waals surface area contributed by atoms with Crippen LogP contribution in [0.1, 0.15) is 5.56 Å². The largest absolute Gasteiger partial charge is 0.382 e. The van der Waals surface area contributed by atoms with Gasteiger partial charge in [0, 0.05) is 22.3 Å². The van der Waals surface area contributed by atoms with Crippen LogP contribution in [0.5, 0.6) is 0 Å². The molecule has 0 unspecified atom stereocenters. The lowest BCUT2D eigenvalue weighted by atomic mass is 10.2. The van der Waals surface area contributed by atoms with E-state index in [4.69, 9.17) is 5.73 Å². The van der Waals surface area contributed by atoms with Crippen molar-refractivity contribution in [3.05, 3.63) is 52.8 Å². The van der Waals surface area contributed by atoms with Gasteiger partial charge in [-0.3, -0.25) is 9.67 Å². The third-order valence-corrected chi connectivity index (χ3v) is 3.21. The molecule has 0 aliphatic rings. The fourth-order valence-corrected chi connectivity index (χ4v) is 2.40. The quantitative estimate of drug-likeness (QED) is 0.792. The fourth-order valence-electron chi connectivity index (χ4n) is 1.99. The molecule has 2 aromatic heterocycles. The van der Waals surface area contributed by atoms with Crippen molar-refractivity contribution in [2.75, 3.05) is 5.73 Å². The van der Waals surface area contributed by atoms with Crippen LogP contribution in [0.2, 0.25) is 0 Å². The molecule has 0 saturated carbocycles. The number of rotatable bonds is 2. The normalized spacial score (nSPS) is 10.9. The topological polar surface area (TPSA) is 56.7 Å². The Labute approximate surface area is 113 Å². The van der Waals surface area contributed by atoms with Gasteiger partial charge in [-0.05, 0) is 39.7 Å². The van der Waals surface area contributed by atoms with E-state index in [1.54, 1.807) is 6.20 Å². The van der Waals surface area contributed by atoms with Crippen LogP contribution in [0, 0.1) is 0 Å². The van der Waals surface area contributed by atoms with Crippen LogP contribution < -0.4 is 5.73 Å². The minimum absolute atomic E-state index is 0.563. The van der Waals surface area contributed by atoms with Crippen LogP contribution in [0.25, 0.3) is 10.9 Å². The van der Waals surface area contributed by atoms with E-state index in [2.05, 4.69) is 26.0 Å². The number of hydrogen-bond donors (Lipinski definition) is 1. The molecule has 2 N–H and O–H groups in total. The average Bonchev–Trinajstić information content (AvgIpc) is 2.67. The van der Waals surface area contributed by atoms with Gasteiger partial charge in [-0.25, -0.2) is 0 Å². The molecule has 4 nitrogen and oxygen atoms in total. The van der Waals surface area contributed by atoms with E-state index in [1.807, 2.05) is 41.2 Å². The summed E-state index contributed by atoms with van der Waals surface area (Å²) in [5, 5.41) is 5.35. The second kappa shape index (κ2) is 4.42. The van der Waals surface area contributed by atoms with E-state index in [-0.39, 0.29) is 0 Å². The lowest BCUT2D eigenvalue weighted by Crippen LogP contribution is -2.02. The highest BCUT2D eigenvalue weighted by Gasteiger charge is 2.07. The molecule has 0 bridgehead atoms. The first-order valence-electron chi connectivity index (χ1n) is 5.54. The van der Waals surface area contributed by atoms with Crippen LogP contribution in [0.3, 0.4) is 0 Å². The Balaban J connectivity index is 2.05. The zero-order valence-corrected chi connectivity index (χ0v) is 11.1. The summed E-state index contributed by atoms with van der Waals surface area (Å²) in [7, 11) is 0. The van der Waals surface area contributed by atoms with E-state index in [9.17, 15) is 0 Å². The molecule has 0 saturated heterocycles. The molecular weight excluding hydrogens is 292 g/mol. The third-order valence-electron chi connectivity index (χ3n) is 2.78. The Kier molecular flexibility index (Phi) is 2.76. The van der Waals surface area contributed by atoms with Crippen molar-refractivity contribution in [2.45, 2.75) is 6.54 Å². The van der Waals surface area contributed by atoms with Gasteiger partial charge in [0.2, 0.25) is 0 Å². The summed E-state index contributed by atoms with van der Waals surface area (Å²) in [6, 6.07) is 9.97. The first-order chi connectivity index (χ1) is 8.74. The number of hydrogen-bond acceptors (Lipinski definition) is 3. The molecule has 3 rings (SSSR count). The molecule has 90 valence electrons. The number of halogens is 1. The Morgan fingerprint density at radius 1 is 1.22 bits per heavy atom. The molecule has 0 fully saturated rings. The highest BCUT2D eigenvalue weighted by Crippen LogP contribution is 2.21. The predicted molar refractivity (Wildman–Crippen MR) is 75.2 cm³/mol. The van der Waals surface area contributed by atoms with Gasteiger partial charge in [0.05, 0.1) is 12.1 Å². The summed E-state index contributed by atoms with van der Waals surface area (Å²) in [4.78, 5) is 4.15. The maximum Gasteiger partial charge on any atom is 0.153 e. The number of nitrogen functional groups attached to an aromatic ring is 1. The third kappa shape index (κ3) is 1.97. The number of anilines is 1. The lowest BCUT2D eigenvalue weighted by molar-refractivity contribution is 0.713. The maximum absolute atomic E-state index is 5.90. The summed E-state index contributed by atoms with van der Waals surface area (Å²) in [5.41, 5.74) is 8.02. The number of nitrogens with two attached hydrogens (primary N) is 1. The van der Waals surface area contributed by atoms with Crippen LogP contribution in [0.4, 0.5) is 5.82 Å². The van der Waals surface area contributed by atoms with Crippen molar-refractivity contribution in [1.29, 1.82) is 0 Å². The standard InChI is InChI=1S/C13H11BrN4/c14-10-5-9(6-16-7-10)8-18-12-4-2-1-3-11(12)13(15)17-18/h1-7H,8H2,(H2,15,17). The van der Waals surface area contributed by atoms with Crippen LogP contribution in [-0.4, -0.2) is 14.8 Å². The van der Waals surface area contributed by atoms with Crippen LogP contribution in [0.15, 0.2) is 47.2 Å². The van der Waals surface area contributed by atoms with E-state index >= 15 is 0 Å². The van der Waals surface area contributed by atoms with E-state index in [0.29, 0.717) is 12.4 Å². The fraction of sp³-hybridized carbons (Fsp3) is 0.0769. The smallest absolute Gasteiger partial charge is 0.153 e. The van der Waals surface area contributed by atoms with Gasteiger partial charge in [-0.2, -0.15) is 5.10 Å². The van der Waals surface area contributed by atoms with Gasteiger partial charge in [-0.1, -0.05) is 12.1 Å². The van der Waals surface area contributed by atoms with Gasteiger partial charge >= 0.3 is 0 Å². The molecule has 0 spiro atoms. The number of fused-ring (bicyclic) bond motifs is 1. The SMILES string of the molecule is Nc1nn(Cc2cncc(Br)c2)c2ccccc12. The van der Waals surface area contributed by atoms with Gasteiger partial charge in [0.25, 0.3) is 0 Å². The molecule has 0 radical (unpaired) electrons. The minimum atomic E-state index is 0.563. The van der Waals surface area contributed by atoms with Gasteiger partial charge in [0.15, 0.2) is 5.82 Å². The average molecular weight is 303 g/mol. The molecule has 3 aromatic rings. The van der Waals surface area contributed by atoms with Crippen molar-refractivity contribution >= 4 is 32.7 Å². The van der Waals surface area contributed by atoms with Crippen molar-refractivity contribution in [3.63, 3.8) is 0 Å². The number of pyridine rings is 1. The molecule has 0 atom stereocenters. The Morgan fingerprint density at radius 3 is 2.89 bits per heavy atom. The van der Waals surface area contributed by atoms with E-state index in [0.717, 1.165) is 20.9 Å². The lowest BCUT2D eigenvalue weighted by Gasteiger charge is -2.03. The predicted octanol–water partition coefficient (Wildman–Crippen LogP) is 2.82. The van der Waals surface area contributed by atoms with E-state index in [1.165, 1.54) is 0 Å². The van der Waals surface area contributed by atoms with Crippen molar-refractivity contribution in [3.8, 4) is 0 Å². The number of aromatic nitrogens is 3. The first-order valence-corrected chi connectivity index (χ1v) is 6.34. The number of para-hydroxylation sites is 1. The monoisotopic (exact) mass is 302 g/mol. The molecule has 0 aliphatic heterocycles. The summed E-state index contributed by atoms with van der Waals surface area (Å²) < 4.78 is 2.86. The molecule has 0 amide bonds. The molecule has 5 heteroatoms. The molecule has 2 heterocycles. The summed E-state index contributed by atoms with van der Waals surface area (Å²) >= 11 is 3.41. The second-order valence-corrected chi connectivity index (χ2v) is 4.99. The molecule has 1 aromatic carbocycles. The summed E-state index contributed by atoms with van der Waals surface area (Å²) in [5.74, 6) is 0.563. The van der Waals surface area contributed by atoms with Crippen molar-refractivity contribution in [1.82, 2.24) is 14.8 Å². The van der Waals surface area contributed by atoms with Crippen molar-refractivity contribution in [2.24, 2.45) is 0 Å². The summed E-state index contributed by atoms with van der Waals surface area (Å²) in [6.07, 6.45) is 3.59. The first kappa shape index (κ1) is 11.2. The van der Waals surface area contributed by atoms with Crippen LogP contribution >= 0.6 is 15.9 Å². The van der Waals surface area contributed by atoms with Gasteiger partial charge in [0.1, 0.15) is 0 Å². The molecule has 18 heavy (non-hydrogen) atoms. The van der Waals surface area contributed by atoms with E-state index < -0.39 is 0 Å². The Morgan fingerprint density at radius 2 is 2.06 bits per heavy atom.